The highest BCUT2D eigenvalue weighted by atomic mass is 16.5. The molecule has 0 radical (unpaired) electrons. The van der Waals surface area contributed by atoms with Crippen LogP contribution in [0.5, 0.6) is 5.75 Å². The topological polar surface area (TPSA) is 110 Å². The number of hydrogen-bond donors (Lipinski definition) is 2. The summed E-state index contributed by atoms with van der Waals surface area (Å²) < 4.78 is 13.3. The highest BCUT2D eigenvalue weighted by Crippen LogP contribution is 2.38. The van der Waals surface area contributed by atoms with E-state index in [1.807, 2.05) is 22.9 Å². The highest BCUT2D eigenvalue weighted by molar-refractivity contribution is 6.68. The Hall–Kier alpha value is -4.29. The van der Waals surface area contributed by atoms with E-state index in [9.17, 15) is 4.79 Å². The van der Waals surface area contributed by atoms with Crippen molar-refractivity contribution in [3.05, 3.63) is 42.6 Å². The van der Waals surface area contributed by atoms with E-state index >= 15 is 0 Å². The van der Waals surface area contributed by atoms with Gasteiger partial charge in [-0.3, -0.25) is 4.79 Å². The molecule has 2 aromatic carbocycles. The number of methoxy groups -OCH3 is 1. The highest BCUT2D eigenvalue weighted by Gasteiger charge is 2.27. The van der Waals surface area contributed by atoms with Crippen LogP contribution in [0.25, 0.3) is 17.1 Å². The Morgan fingerprint density at radius 2 is 1.69 bits per heavy atom. The summed E-state index contributed by atoms with van der Waals surface area (Å²) in [6.07, 6.45) is 2.97. The van der Waals surface area contributed by atoms with Gasteiger partial charge >= 0.3 is 0 Å². The second kappa shape index (κ2) is 14.5. The quantitative estimate of drug-likeness (QED) is 0.130. The second-order valence-electron chi connectivity index (χ2n) is 12.6. The third-order valence-electron chi connectivity index (χ3n) is 9.81. The molecule has 0 spiro atoms. The molecule has 0 bridgehead atoms. The minimum atomic E-state index is -0.309. The van der Waals surface area contributed by atoms with Crippen molar-refractivity contribution in [2.45, 2.75) is 5.94 Å². The molecule has 0 saturated carbocycles. The molecule has 11 nitrogen and oxygen atoms in total. The van der Waals surface area contributed by atoms with E-state index in [0.29, 0.717) is 55.2 Å². The Labute approximate surface area is 289 Å². The standard InChI is InChI=1S/C30H41B7N8O3/c1-5-19(46)39-14-12-15(17(47-4)13-16(14)44-8-10-48-11-9-44)40-30-38-7-6-18(41-30)45-29(37)21(28(36)43(2)3)27(42-45)20-22(31)24(33)26(35)25(34)23(20)32/h5-7,12-13,28H,1,8-11,31-37H2,2-4H3,(H,39,46)(H,38,40,41). The smallest absolute Gasteiger partial charge is 0.247 e. The number of benzene rings is 2. The first kappa shape index (κ1) is 35.0. The number of carbonyl (C=O) groups excluding carboxylic acids is 1. The fourth-order valence-electron chi connectivity index (χ4n) is 6.37. The maximum Gasteiger partial charge on any atom is 0.247 e. The van der Waals surface area contributed by atoms with Crippen molar-refractivity contribution in [1.29, 1.82) is 0 Å². The van der Waals surface area contributed by atoms with Crippen LogP contribution in [0, 0.1) is 0 Å². The minimum absolute atomic E-state index is 0.104. The van der Waals surface area contributed by atoms with E-state index in [2.05, 4.69) is 101 Å². The lowest BCUT2D eigenvalue weighted by atomic mass is 9.59. The first-order valence-corrected chi connectivity index (χ1v) is 16.3. The SMILES string of the molecule is Bc1c(B)c(B)c(-c2nn(-c3ccnc(Nc4cc(NC(=O)C=C)c(N5CCOCC5)cc4OC)n3)c(B)c2C(B)N(C)C)c(B)c1B. The Morgan fingerprint density at radius 3 is 2.29 bits per heavy atom. The Balaban J connectivity index is 1.60. The van der Waals surface area contributed by atoms with Crippen molar-refractivity contribution < 1.29 is 14.3 Å². The summed E-state index contributed by atoms with van der Waals surface area (Å²) in [4.78, 5) is 26.3. The molecule has 1 fully saturated rings. The van der Waals surface area contributed by atoms with Crippen LogP contribution in [0.2, 0.25) is 0 Å². The molecule has 3 heterocycles. The zero-order chi connectivity index (χ0) is 34.9. The molecule has 0 aliphatic carbocycles. The number of rotatable bonds is 10. The Kier molecular flexibility index (Phi) is 10.5. The van der Waals surface area contributed by atoms with E-state index in [1.54, 1.807) is 13.3 Å². The van der Waals surface area contributed by atoms with Crippen LogP contribution in [0.4, 0.5) is 23.0 Å². The van der Waals surface area contributed by atoms with Crippen LogP contribution < -0.4 is 53.2 Å². The molecule has 2 aromatic heterocycles. The predicted octanol–water partition coefficient (Wildman–Crippen LogP) is -7.21. The summed E-state index contributed by atoms with van der Waals surface area (Å²) >= 11 is 0. The molecule has 2 N–H and O–H groups in total. The van der Waals surface area contributed by atoms with Gasteiger partial charge in [0, 0.05) is 48.5 Å². The number of amides is 1. The Bertz CT molecular complexity index is 1850. The van der Waals surface area contributed by atoms with Crippen LogP contribution in [0.3, 0.4) is 0 Å². The zero-order valence-corrected chi connectivity index (χ0v) is 29.9. The number of morpholine rings is 1. The monoisotopic (exact) mass is 638 g/mol. The van der Waals surface area contributed by atoms with Gasteiger partial charge in [-0.25, -0.2) is 9.67 Å². The van der Waals surface area contributed by atoms with Crippen molar-refractivity contribution in [1.82, 2.24) is 24.6 Å². The number of nitrogens with zero attached hydrogens (tertiary/aromatic N) is 6. The average molecular weight is 637 g/mol. The van der Waals surface area contributed by atoms with Crippen LogP contribution in [0.15, 0.2) is 37.1 Å². The van der Waals surface area contributed by atoms with Gasteiger partial charge in [0.05, 0.1) is 43.1 Å². The van der Waals surface area contributed by atoms with Gasteiger partial charge < -0.3 is 29.9 Å². The molecule has 48 heavy (non-hydrogen) atoms. The molecular weight excluding hydrogens is 596 g/mol. The van der Waals surface area contributed by atoms with Gasteiger partial charge in [-0.05, 0) is 31.8 Å². The fraction of sp³-hybridized carbons (Fsp3) is 0.267. The Morgan fingerprint density at radius 1 is 1.04 bits per heavy atom. The summed E-state index contributed by atoms with van der Waals surface area (Å²) in [5.41, 5.74) is 12.7. The number of ether oxygens (including phenoxy) is 2. The zero-order valence-electron chi connectivity index (χ0n) is 29.9. The number of nitrogens with one attached hydrogen (secondary N) is 2. The lowest BCUT2D eigenvalue weighted by Gasteiger charge is -2.31. The van der Waals surface area contributed by atoms with Crippen molar-refractivity contribution in [2.75, 3.05) is 63.0 Å². The minimum Gasteiger partial charge on any atom is -0.494 e. The molecule has 1 saturated heterocycles. The third kappa shape index (κ3) is 6.68. The maximum absolute atomic E-state index is 12.4. The van der Waals surface area contributed by atoms with E-state index in [1.165, 1.54) is 39.0 Å². The van der Waals surface area contributed by atoms with Crippen molar-refractivity contribution in [3.8, 4) is 22.8 Å². The summed E-state index contributed by atoms with van der Waals surface area (Å²) in [5.74, 6) is 1.36. The molecule has 1 aliphatic rings. The summed E-state index contributed by atoms with van der Waals surface area (Å²) in [6.45, 7) is 6.21. The molecule has 18 heteroatoms. The molecule has 240 valence electrons. The van der Waals surface area contributed by atoms with Gasteiger partial charge in [0.1, 0.15) is 52.8 Å². The summed E-state index contributed by atoms with van der Waals surface area (Å²) in [5, 5.41) is 11.5. The van der Waals surface area contributed by atoms with Gasteiger partial charge in [-0.2, -0.15) is 10.1 Å². The van der Waals surface area contributed by atoms with E-state index in [0.717, 1.165) is 22.5 Å². The van der Waals surface area contributed by atoms with Gasteiger partial charge in [0.15, 0.2) is 13.7 Å². The third-order valence-corrected chi connectivity index (χ3v) is 9.81. The second-order valence-corrected chi connectivity index (χ2v) is 12.6. The first-order chi connectivity index (χ1) is 22.9. The van der Waals surface area contributed by atoms with Crippen molar-refractivity contribution in [2.24, 2.45) is 0 Å². The van der Waals surface area contributed by atoms with Crippen molar-refractivity contribution >= 4 is 117 Å². The normalized spacial score (nSPS) is 13.7. The summed E-state index contributed by atoms with van der Waals surface area (Å²) in [7, 11) is 21.1. The largest absolute Gasteiger partial charge is 0.494 e. The average Bonchev–Trinajstić information content (AvgIpc) is 3.42. The van der Waals surface area contributed by atoms with Crippen LogP contribution in [0.1, 0.15) is 11.5 Å². The molecule has 1 aliphatic heterocycles. The van der Waals surface area contributed by atoms with Gasteiger partial charge in [-0.15, -0.1) is 16.4 Å². The predicted molar refractivity (Wildman–Crippen MR) is 217 cm³/mol. The lowest BCUT2D eigenvalue weighted by Crippen LogP contribution is -2.55. The van der Waals surface area contributed by atoms with E-state index in [-0.39, 0.29) is 11.8 Å². The van der Waals surface area contributed by atoms with Crippen LogP contribution in [-0.2, 0) is 9.53 Å². The molecule has 1 amide bonds. The van der Waals surface area contributed by atoms with Gasteiger partial charge in [0.2, 0.25) is 11.9 Å². The molecule has 5 rings (SSSR count). The molecule has 4 aromatic rings. The first-order valence-electron chi connectivity index (χ1n) is 16.3. The molecule has 1 unspecified atom stereocenters. The number of hydrogen-bond acceptors (Lipinski definition) is 9. The number of anilines is 4. The summed E-state index contributed by atoms with van der Waals surface area (Å²) in [6, 6.07) is 5.60. The molecule has 1 atom stereocenters. The maximum atomic E-state index is 12.4. The lowest BCUT2D eigenvalue weighted by molar-refractivity contribution is -0.111. The van der Waals surface area contributed by atoms with Crippen molar-refractivity contribution in [3.63, 3.8) is 0 Å². The van der Waals surface area contributed by atoms with Crippen LogP contribution in [-0.4, -0.2) is 133 Å². The fourth-order valence-corrected chi connectivity index (χ4v) is 6.37. The van der Waals surface area contributed by atoms with Crippen LogP contribution >= 0.6 is 0 Å². The number of carbonyl (C=O) groups is 1. The van der Waals surface area contributed by atoms with Gasteiger partial charge in [-0.1, -0.05) is 17.5 Å². The molecular formula is C30H41B7N8O3. The van der Waals surface area contributed by atoms with Gasteiger partial charge in [0.25, 0.3) is 0 Å². The van der Waals surface area contributed by atoms with E-state index < -0.39 is 0 Å². The van der Waals surface area contributed by atoms with E-state index in [4.69, 9.17) is 19.6 Å². The number of aromatic nitrogens is 4.